The summed E-state index contributed by atoms with van der Waals surface area (Å²) < 4.78 is 7.36. The highest BCUT2D eigenvalue weighted by molar-refractivity contribution is 5.75. The smallest absolute Gasteiger partial charge is 0.111 e. The van der Waals surface area contributed by atoms with E-state index in [1.54, 1.807) is 7.11 Å². The molecule has 104 valence electrons. The van der Waals surface area contributed by atoms with E-state index in [2.05, 4.69) is 35.0 Å². The van der Waals surface area contributed by atoms with Gasteiger partial charge in [-0.2, -0.15) is 0 Å². The van der Waals surface area contributed by atoms with Gasteiger partial charge in [-0.15, -0.1) is 0 Å². The highest BCUT2D eigenvalue weighted by atomic mass is 16.5. The van der Waals surface area contributed by atoms with Crippen LogP contribution >= 0.6 is 0 Å². The fourth-order valence-corrected chi connectivity index (χ4v) is 2.29. The van der Waals surface area contributed by atoms with Crippen molar-refractivity contribution in [3.8, 4) is 0 Å². The number of nitrogens with one attached hydrogen (secondary N) is 1. The van der Waals surface area contributed by atoms with Crippen LogP contribution in [0.1, 0.15) is 19.2 Å². The van der Waals surface area contributed by atoms with Crippen LogP contribution in [0.5, 0.6) is 0 Å². The molecule has 0 radical (unpaired) electrons. The number of hydrogen-bond donors (Lipinski definition) is 1. The Balaban J connectivity index is 2.06. The molecule has 0 bridgehead atoms. The van der Waals surface area contributed by atoms with Crippen molar-refractivity contribution in [3.05, 3.63) is 30.1 Å². The number of fused-ring (bicyclic) bond motifs is 1. The maximum atomic E-state index is 5.02. The van der Waals surface area contributed by atoms with Crippen LogP contribution in [-0.2, 0) is 17.7 Å². The zero-order chi connectivity index (χ0) is 13.5. The number of methoxy groups -OCH3 is 1. The van der Waals surface area contributed by atoms with Crippen LogP contribution in [0.2, 0.25) is 0 Å². The summed E-state index contributed by atoms with van der Waals surface area (Å²) in [5.41, 5.74) is 2.35. The molecular weight excluding hydrogens is 238 g/mol. The molecule has 2 aromatic rings. The van der Waals surface area contributed by atoms with Crippen LogP contribution in [0.4, 0.5) is 0 Å². The Hall–Kier alpha value is -1.39. The van der Waals surface area contributed by atoms with Crippen LogP contribution in [-0.4, -0.2) is 36.4 Å². The monoisotopic (exact) mass is 261 g/mol. The van der Waals surface area contributed by atoms with Crippen molar-refractivity contribution in [3.63, 3.8) is 0 Å². The number of rotatable bonds is 8. The zero-order valence-corrected chi connectivity index (χ0v) is 11.9. The summed E-state index contributed by atoms with van der Waals surface area (Å²) in [7, 11) is 1.72. The van der Waals surface area contributed by atoms with E-state index in [0.717, 1.165) is 44.6 Å². The molecular formula is C15H23N3O. The van der Waals surface area contributed by atoms with Gasteiger partial charge in [-0.25, -0.2) is 4.98 Å². The minimum absolute atomic E-state index is 0.755. The van der Waals surface area contributed by atoms with Crippen molar-refractivity contribution in [1.29, 1.82) is 0 Å². The predicted octanol–water partition coefficient (Wildman–Crippen LogP) is 2.22. The molecule has 0 unspecified atom stereocenters. The Labute approximate surface area is 114 Å². The molecule has 0 aliphatic carbocycles. The summed E-state index contributed by atoms with van der Waals surface area (Å²) in [6.07, 6.45) is 2.09. The van der Waals surface area contributed by atoms with Gasteiger partial charge in [0.2, 0.25) is 0 Å². The molecule has 4 heteroatoms. The fourth-order valence-electron chi connectivity index (χ4n) is 2.29. The van der Waals surface area contributed by atoms with Crippen LogP contribution in [0.15, 0.2) is 24.3 Å². The van der Waals surface area contributed by atoms with Crippen LogP contribution in [0.3, 0.4) is 0 Å². The SMILES string of the molecule is CCCn1c(CCNCCOC)nc2ccccc21. The number of imidazole rings is 1. The van der Waals surface area contributed by atoms with E-state index >= 15 is 0 Å². The highest BCUT2D eigenvalue weighted by Crippen LogP contribution is 2.16. The second kappa shape index (κ2) is 7.26. The molecule has 0 fully saturated rings. The van der Waals surface area contributed by atoms with Gasteiger partial charge in [-0.3, -0.25) is 0 Å². The average Bonchev–Trinajstić information content (AvgIpc) is 2.78. The van der Waals surface area contributed by atoms with Crippen molar-refractivity contribution in [2.75, 3.05) is 26.8 Å². The molecule has 19 heavy (non-hydrogen) atoms. The first-order valence-electron chi connectivity index (χ1n) is 7.00. The largest absolute Gasteiger partial charge is 0.383 e. The Morgan fingerprint density at radius 1 is 1.26 bits per heavy atom. The Morgan fingerprint density at radius 2 is 2.11 bits per heavy atom. The van der Waals surface area contributed by atoms with Crippen molar-refractivity contribution in [2.45, 2.75) is 26.3 Å². The van der Waals surface area contributed by atoms with Crippen molar-refractivity contribution in [1.82, 2.24) is 14.9 Å². The van der Waals surface area contributed by atoms with Gasteiger partial charge in [0.1, 0.15) is 5.82 Å². The van der Waals surface area contributed by atoms with Gasteiger partial charge < -0.3 is 14.6 Å². The molecule has 1 aromatic carbocycles. The number of ether oxygens (including phenoxy) is 1. The quantitative estimate of drug-likeness (QED) is 0.741. The Bertz CT molecular complexity index is 507. The standard InChI is InChI=1S/C15H23N3O/c1-3-11-18-14-7-5-4-6-13(14)17-15(18)8-9-16-10-12-19-2/h4-7,16H,3,8-12H2,1-2H3. The molecule has 1 heterocycles. The van der Waals surface area contributed by atoms with Crippen molar-refractivity contribution in [2.24, 2.45) is 0 Å². The minimum Gasteiger partial charge on any atom is -0.383 e. The van der Waals surface area contributed by atoms with Crippen LogP contribution < -0.4 is 5.32 Å². The molecule has 0 amide bonds. The van der Waals surface area contributed by atoms with E-state index in [-0.39, 0.29) is 0 Å². The number of aromatic nitrogens is 2. The molecule has 1 N–H and O–H groups in total. The molecule has 0 atom stereocenters. The van der Waals surface area contributed by atoms with Gasteiger partial charge >= 0.3 is 0 Å². The van der Waals surface area contributed by atoms with Gasteiger partial charge in [0.15, 0.2) is 0 Å². The van der Waals surface area contributed by atoms with Crippen LogP contribution in [0.25, 0.3) is 11.0 Å². The maximum absolute atomic E-state index is 5.02. The molecule has 0 aliphatic heterocycles. The van der Waals surface area contributed by atoms with E-state index in [0.29, 0.717) is 0 Å². The lowest BCUT2D eigenvalue weighted by Gasteiger charge is -2.08. The van der Waals surface area contributed by atoms with Gasteiger partial charge in [-0.1, -0.05) is 19.1 Å². The van der Waals surface area contributed by atoms with Gasteiger partial charge in [0.25, 0.3) is 0 Å². The zero-order valence-electron chi connectivity index (χ0n) is 11.9. The van der Waals surface area contributed by atoms with E-state index in [4.69, 9.17) is 9.72 Å². The first kappa shape index (κ1) is 14.0. The third-order valence-electron chi connectivity index (χ3n) is 3.19. The third-order valence-corrected chi connectivity index (χ3v) is 3.19. The van der Waals surface area contributed by atoms with Gasteiger partial charge in [0.05, 0.1) is 17.6 Å². The fraction of sp³-hybridized carbons (Fsp3) is 0.533. The van der Waals surface area contributed by atoms with Gasteiger partial charge in [-0.05, 0) is 18.6 Å². The lowest BCUT2D eigenvalue weighted by Crippen LogP contribution is -2.22. The summed E-state index contributed by atoms with van der Waals surface area (Å²) in [6, 6.07) is 8.37. The lowest BCUT2D eigenvalue weighted by atomic mass is 10.3. The second-order valence-corrected chi connectivity index (χ2v) is 4.66. The first-order valence-corrected chi connectivity index (χ1v) is 7.00. The summed E-state index contributed by atoms with van der Waals surface area (Å²) >= 11 is 0. The summed E-state index contributed by atoms with van der Waals surface area (Å²) in [4.78, 5) is 4.74. The number of benzene rings is 1. The molecule has 2 rings (SSSR count). The summed E-state index contributed by atoms with van der Waals surface area (Å²) in [5.74, 6) is 1.17. The number of nitrogens with zero attached hydrogens (tertiary/aromatic N) is 2. The molecule has 4 nitrogen and oxygen atoms in total. The number of aryl methyl sites for hydroxylation is 1. The maximum Gasteiger partial charge on any atom is 0.111 e. The molecule has 0 saturated heterocycles. The lowest BCUT2D eigenvalue weighted by molar-refractivity contribution is 0.199. The normalized spacial score (nSPS) is 11.3. The molecule has 0 aliphatic rings. The predicted molar refractivity (Wildman–Crippen MR) is 78.5 cm³/mol. The topological polar surface area (TPSA) is 39.1 Å². The number of hydrogen-bond acceptors (Lipinski definition) is 3. The first-order chi connectivity index (χ1) is 9.36. The minimum atomic E-state index is 0.755. The van der Waals surface area contributed by atoms with Crippen molar-refractivity contribution >= 4 is 11.0 Å². The average molecular weight is 261 g/mol. The highest BCUT2D eigenvalue weighted by Gasteiger charge is 2.08. The van der Waals surface area contributed by atoms with E-state index in [1.807, 2.05) is 6.07 Å². The molecule has 1 aromatic heterocycles. The molecule has 0 spiro atoms. The number of para-hydroxylation sites is 2. The summed E-state index contributed by atoms with van der Waals surface area (Å²) in [5, 5.41) is 3.37. The Morgan fingerprint density at radius 3 is 2.89 bits per heavy atom. The Kier molecular flexibility index (Phi) is 5.36. The van der Waals surface area contributed by atoms with Crippen LogP contribution in [0, 0.1) is 0 Å². The second-order valence-electron chi connectivity index (χ2n) is 4.66. The summed E-state index contributed by atoms with van der Waals surface area (Å²) in [6.45, 7) is 5.83. The van der Waals surface area contributed by atoms with E-state index < -0.39 is 0 Å². The van der Waals surface area contributed by atoms with E-state index in [1.165, 1.54) is 11.3 Å². The molecule has 0 saturated carbocycles. The third kappa shape index (κ3) is 3.55. The van der Waals surface area contributed by atoms with Gasteiger partial charge in [0, 0.05) is 33.2 Å². The van der Waals surface area contributed by atoms with Crippen molar-refractivity contribution < 1.29 is 4.74 Å². The van der Waals surface area contributed by atoms with E-state index in [9.17, 15) is 0 Å².